The number of rotatable bonds is 7. The van der Waals surface area contributed by atoms with Crippen molar-refractivity contribution in [3.63, 3.8) is 0 Å². The second kappa shape index (κ2) is 17.3. The highest BCUT2D eigenvalue weighted by molar-refractivity contribution is 6.05. The third-order valence-electron chi connectivity index (χ3n) is 8.52. The lowest BCUT2D eigenvalue weighted by molar-refractivity contribution is -0.137. The van der Waals surface area contributed by atoms with Crippen LogP contribution in [0, 0.1) is 5.92 Å². The van der Waals surface area contributed by atoms with Gasteiger partial charge in [-0.15, -0.1) is 0 Å². The van der Waals surface area contributed by atoms with Crippen LogP contribution in [0.3, 0.4) is 0 Å². The van der Waals surface area contributed by atoms with E-state index in [1.165, 1.54) is 34.3 Å². The van der Waals surface area contributed by atoms with E-state index < -0.39 is 35.8 Å². The van der Waals surface area contributed by atoms with Crippen LogP contribution < -0.4 is 15.4 Å². The van der Waals surface area contributed by atoms with E-state index >= 15 is 0 Å². The third kappa shape index (κ3) is 10.4. The maximum Gasteiger partial charge on any atom is 0.416 e. The van der Waals surface area contributed by atoms with Gasteiger partial charge in [0, 0.05) is 62.0 Å². The number of alkyl halides is 3. The van der Waals surface area contributed by atoms with Crippen molar-refractivity contribution in [2.45, 2.75) is 64.5 Å². The predicted octanol–water partition coefficient (Wildman–Crippen LogP) is 6.31. The van der Waals surface area contributed by atoms with E-state index in [1.54, 1.807) is 44.3 Å². The minimum absolute atomic E-state index is 0.116. The number of amides is 4. The van der Waals surface area contributed by atoms with Gasteiger partial charge in [-0.05, 0) is 87.7 Å². The lowest BCUT2D eigenvalue weighted by Gasteiger charge is -2.35. The van der Waals surface area contributed by atoms with Gasteiger partial charge in [0.1, 0.15) is 5.75 Å². The molecule has 4 amide bonds. The summed E-state index contributed by atoms with van der Waals surface area (Å²) in [6, 6.07) is 11.0. The molecule has 2 heterocycles. The van der Waals surface area contributed by atoms with Crippen molar-refractivity contribution < 1.29 is 42.1 Å². The van der Waals surface area contributed by atoms with Crippen molar-refractivity contribution in [2.24, 2.45) is 5.92 Å². The van der Waals surface area contributed by atoms with Gasteiger partial charge in [0.15, 0.2) is 0 Å². The molecule has 4 atom stereocenters. The normalized spacial score (nSPS) is 19.7. The number of urea groups is 1. The summed E-state index contributed by atoms with van der Waals surface area (Å²) in [7, 11) is 1.55. The number of aliphatic hydroxyl groups excluding tert-OH is 1. The van der Waals surface area contributed by atoms with Gasteiger partial charge in [-0.1, -0.05) is 6.92 Å². The monoisotopic (exact) mass is 699 g/mol. The third-order valence-corrected chi connectivity index (χ3v) is 8.52. The summed E-state index contributed by atoms with van der Waals surface area (Å²) in [6.45, 7) is 5.82. The average molecular weight is 700 g/mol. The van der Waals surface area contributed by atoms with Gasteiger partial charge in [-0.3, -0.25) is 14.6 Å². The summed E-state index contributed by atoms with van der Waals surface area (Å²) in [5.74, 6) is -0.799. The lowest BCUT2D eigenvalue weighted by Crippen LogP contribution is -2.48. The van der Waals surface area contributed by atoms with E-state index in [0.29, 0.717) is 36.4 Å². The Labute approximate surface area is 289 Å². The number of hydrogen-bond donors (Lipinski definition) is 3. The lowest BCUT2D eigenvalue weighted by atomic mass is 10.0. The summed E-state index contributed by atoms with van der Waals surface area (Å²) in [6.07, 6.45) is -0.122. The molecule has 0 aliphatic carbocycles. The molecular weight excluding hydrogens is 655 g/mol. The van der Waals surface area contributed by atoms with E-state index in [-0.39, 0.29) is 48.9 Å². The van der Waals surface area contributed by atoms with E-state index in [1.807, 2.05) is 13.8 Å². The number of carbonyl (C=O) groups is 3. The molecule has 3 aromatic rings. The topological polar surface area (TPSA) is 133 Å². The number of hydrogen-bond acceptors (Lipinski definition) is 7. The Kier molecular flexibility index (Phi) is 13.2. The van der Waals surface area contributed by atoms with Gasteiger partial charge in [0.05, 0.1) is 36.0 Å². The molecule has 1 aromatic heterocycles. The fourth-order valence-electron chi connectivity index (χ4n) is 5.48. The first kappa shape index (κ1) is 38.1. The smallest absolute Gasteiger partial charge is 0.416 e. The van der Waals surface area contributed by atoms with Crippen LogP contribution in [0.15, 0.2) is 67.0 Å². The van der Waals surface area contributed by atoms with Crippen LogP contribution in [-0.4, -0.2) is 89.3 Å². The number of likely N-dealkylation sites (N-methyl/N-ethyl adjacent to an activating group) is 1. The molecule has 2 aromatic carbocycles. The van der Waals surface area contributed by atoms with Gasteiger partial charge in [0.25, 0.3) is 11.8 Å². The molecule has 0 saturated carbocycles. The van der Waals surface area contributed by atoms with Crippen LogP contribution in [-0.2, 0) is 10.9 Å². The van der Waals surface area contributed by atoms with Gasteiger partial charge >= 0.3 is 12.2 Å². The van der Waals surface area contributed by atoms with Crippen LogP contribution in [0.2, 0.25) is 0 Å². The zero-order valence-electron chi connectivity index (χ0n) is 28.6. The predicted molar refractivity (Wildman–Crippen MR) is 182 cm³/mol. The summed E-state index contributed by atoms with van der Waals surface area (Å²) in [5, 5.41) is 15.6. The molecule has 270 valence electrons. The fraction of sp³-hybridized carbons (Fsp3) is 0.444. The molecule has 14 heteroatoms. The second-order valence-electron chi connectivity index (χ2n) is 12.6. The molecule has 1 aliphatic heterocycles. The van der Waals surface area contributed by atoms with Crippen molar-refractivity contribution in [1.82, 2.24) is 14.8 Å². The van der Waals surface area contributed by atoms with Crippen LogP contribution in [0.5, 0.6) is 5.75 Å². The number of anilines is 2. The number of pyridine rings is 1. The maximum absolute atomic E-state index is 14.3. The van der Waals surface area contributed by atoms with Gasteiger partial charge in [-0.2, -0.15) is 13.2 Å². The molecule has 4 rings (SSSR count). The Morgan fingerprint density at radius 2 is 1.72 bits per heavy atom. The number of fused-ring (bicyclic) bond motifs is 1. The number of nitrogens with zero attached hydrogens (tertiary/aromatic N) is 3. The Bertz CT molecular complexity index is 1590. The van der Waals surface area contributed by atoms with E-state index in [0.717, 1.165) is 18.6 Å². The number of carbonyl (C=O) groups excluding carboxylic acids is 3. The SMILES string of the molecule is C[C@@H]1CN([C@H](C)CO)C(=O)c2cc(NC(=O)c3ccncc3)ccc2O[C@@H](C)CCCCO[C@H]1CN(C)C(=O)Nc1ccc(C(F)(F)F)cc1. The number of halogens is 3. The highest BCUT2D eigenvalue weighted by atomic mass is 19.4. The van der Waals surface area contributed by atoms with Gasteiger partial charge in [-0.25, -0.2) is 4.79 Å². The van der Waals surface area contributed by atoms with E-state index in [4.69, 9.17) is 9.47 Å². The minimum Gasteiger partial charge on any atom is -0.490 e. The average Bonchev–Trinajstić information content (AvgIpc) is 3.09. The Balaban J connectivity index is 1.57. The maximum atomic E-state index is 14.3. The molecule has 0 spiro atoms. The van der Waals surface area contributed by atoms with Crippen LogP contribution >= 0.6 is 0 Å². The minimum atomic E-state index is -4.49. The molecule has 0 unspecified atom stereocenters. The summed E-state index contributed by atoms with van der Waals surface area (Å²) in [4.78, 5) is 47.1. The molecule has 0 bridgehead atoms. The molecule has 0 radical (unpaired) electrons. The molecule has 1 aliphatic rings. The van der Waals surface area contributed by atoms with E-state index in [9.17, 15) is 32.7 Å². The number of nitrogens with one attached hydrogen (secondary N) is 2. The summed E-state index contributed by atoms with van der Waals surface area (Å²) >= 11 is 0. The number of ether oxygens (including phenoxy) is 2. The first-order chi connectivity index (χ1) is 23.8. The zero-order valence-corrected chi connectivity index (χ0v) is 28.6. The molecular formula is C36H44F3N5O6. The van der Waals surface area contributed by atoms with Gasteiger partial charge < -0.3 is 35.0 Å². The van der Waals surface area contributed by atoms with Crippen molar-refractivity contribution >= 4 is 29.2 Å². The van der Waals surface area contributed by atoms with Crippen LogP contribution in [0.25, 0.3) is 0 Å². The number of aromatic nitrogens is 1. The first-order valence-corrected chi connectivity index (χ1v) is 16.5. The summed E-state index contributed by atoms with van der Waals surface area (Å²) in [5.41, 5.74) is 0.359. The molecule has 50 heavy (non-hydrogen) atoms. The molecule has 0 fully saturated rings. The van der Waals surface area contributed by atoms with E-state index in [2.05, 4.69) is 15.6 Å². The Morgan fingerprint density at radius 3 is 2.38 bits per heavy atom. The highest BCUT2D eigenvalue weighted by Crippen LogP contribution is 2.31. The number of benzene rings is 2. The van der Waals surface area contributed by atoms with Crippen molar-refractivity contribution in [3.8, 4) is 5.75 Å². The van der Waals surface area contributed by atoms with Crippen LogP contribution in [0.1, 0.15) is 66.3 Å². The van der Waals surface area contributed by atoms with Crippen molar-refractivity contribution in [3.05, 3.63) is 83.7 Å². The summed E-state index contributed by atoms with van der Waals surface area (Å²) < 4.78 is 51.5. The molecule has 3 N–H and O–H groups in total. The quantitative estimate of drug-likeness (QED) is 0.263. The van der Waals surface area contributed by atoms with Crippen molar-refractivity contribution in [1.29, 1.82) is 0 Å². The number of aliphatic hydroxyl groups is 1. The van der Waals surface area contributed by atoms with Gasteiger partial charge in [0.2, 0.25) is 0 Å². The highest BCUT2D eigenvalue weighted by Gasteiger charge is 2.32. The first-order valence-electron chi connectivity index (χ1n) is 16.5. The fourth-order valence-corrected chi connectivity index (χ4v) is 5.48. The second-order valence-corrected chi connectivity index (χ2v) is 12.6. The van der Waals surface area contributed by atoms with Crippen molar-refractivity contribution in [2.75, 3.05) is 44.0 Å². The molecule has 11 nitrogen and oxygen atoms in total. The standard InChI is InChI=1S/C36H44F3N5O6/c1-23-20-44(24(2)22-45)34(47)30-19-29(41-33(46)26-14-16-40-17-15-26)12-13-31(30)50-25(3)7-5-6-18-49-32(23)21-43(4)35(48)42-28-10-8-27(9-11-28)36(37,38)39/h8-17,19,23-25,32,45H,5-7,18,20-22H2,1-4H3,(H,41,46)(H,42,48)/t23-,24-,25+,32+/m1/s1. The Morgan fingerprint density at radius 1 is 1.04 bits per heavy atom. The van der Waals surface area contributed by atoms with Crippen LogP contribution in [0.4, 0.5) is 29.3 Å². The zero-order chi connectivity index (χ0) is 36.4. The Hall–Kier alpha value is -4.69. The molecule has 0 saturated heterocycles. The largest absolute Gasteiger partial charge is 0.490 e.